The molecule has 0 radical (unpaired) electrons. The fourth-order valence-electron chi connectivity index (χ4n) is 1.77. The van der Waals surface area contributed by atoms with Gasteiger partial charge in [-0.3, -0.25) is 4.79 Å². The Morgan fingerprint density at radius 1 is 1.22 bits per heavy atom. The van der Waals surface area contributed by atoms with Crippen molar-refractivity contribution < 1.29 is 4.79 Å². The summed E-state index contributed by atoms with van der Waals surface area (Å²) in [5, 5.41) is 2.06. The quantitative estimate of drug-likeness (QED) is 0.565. The van der Waals surface area contributed by atoms with Crippen LogP contribution in [0, 0.1) is 0 Å². The SMILES string of the molecule is C=CC(C)=C(C(C)=O)c1ccc(-c2cccs2)s1. The van der Waals surface area contributed by atoms with Crippen molar-refractivity contribution in [1.29, 1.82) is 0 Å². The van der Waals surface area contributed by atoms with Gasteiger partial charge in [-0.2, -0.15) is 0 Å². The van der Waals surface area contributed by atoms with Gasteiger partial charge >= 0.3 is 0 Å². The van der Waals surface area contributed by atoms with Crippen LogP contribution in [0.1, 0.15) is 18.7 Å². The maximum Gasteiger partial charge on any atom is 0.161 e. The second kappa shape index (κ2) is 5.46. The van der Waals surface area contributed by atoms with Gasteiger partial charge in [0.15, 0.2) is 5.78 Å². The van der Waals surface area contributed by atoms with E-state index in [1.54, 1.807) is 35.7 Å². The Hall–Kier alpha value is -1.45. The third-order valence-corrected chi connectivity index (χ3v) is 4.84. The van der Waals surface area contributed by atoms with Crippen LogP contribution in [0.15, 0.2) is 47.9 Å². The molecule has 2 heterocycles. The molecule has 0 aliphatic heterocycles. The molecule has 18 heavy (non-hydrogen) atoms. The first-order chi connectivity index (χ1) is 8.63. The normalized spacial score (nSPS) is 12.1. The third kappa shape index (κ3) is 2.52. The zero-order valence-electron chi connectivity index (χ0n) is 10.4. The van der Waals surface area contributed by atoms with Gasteiger partial charge in [-0.15, -0.1) is 22.7 Å². The van der Waals surface area contributed by atoms with Gasteiger partial charge in [0.05, 0.1) is 0 Å². The van der Waals surface area contributed by atoms with E-state index in [1.807, 2.05) is 19.1 Å². The average Bonchev–Trinajstić information content (AvgIpc) is 2.98. The molecule has 0 aliphatic rings. The van der Waals surface area contributed by atoms with Crippen molar-refractivity contribution in [2.45, 2.75) is 13.8 Å². The zero-order valence-corrected chi connectivity index (χ0v) is 12.0. The van der Waals surface area contributed by atoms with Crippen LogP contribution >= 0.6 is 22.7 Å². The van der Waals surface area contributed by atoms with Crippen LogP contribution in [-0.2, 0) is 4.79 Å². The second-order valence-corrected chi connectivity index (χ2v) is 5.99. The molecular formula is C15H14OS2. The van der Waals surface area contributed by atoms with Crippen molar-refractivity contribution in [2.75, 3.05) is 0 Å². The Balaban J connectivity index is 2.46. The molecule has 2 rings (SSSR count). The van der Waals surface area contributed by atoms with Crippen molar-refractivity contribution in [3.63, 3.8) is 0 Å². The second-order valence-electron chi connectivity index (χ2n) is 3.96. The minimum absolute atomic E-state index is 0.0898. The van der Waals surface area contributed by atoms with Crippen LogP contribution in [0.3, 0.4) is 0 Å². The molecule has 0 saturated heterocycles. The highest BCUT2D eigenvalue weighted by Gasteiger charge is 2.13. The van der Waals surface area contributed by atoms with Gasteiger partial charge in [0.2, 0.25) is 0 Å². The van der Waals surface area contributed by atoms with Crippen LogP contribution < -0.4 is 0 Å². The molecule has 0 atom stereocenters. The number of thiophene rings is 2. The molecule has 2 aromatic heterocycles. The molecule has 0 N–H and O–H groups in total. The fourth-order valence-corrected chi connectivity index (χ4v) is 3.77. The molecule has 0 aliphatic carbocycles. The molecular weight excluding hydrogens is 260 g/mol. The smallest absolute Gasteiger partial charge is 0.161 e. The van der Waals surface area contributed by atoms with Gasteiger partial charge in [0, 0.05) is 20.2 Å². The largest absolute Gasteiger partial charge is 0.294 e. The minimum Gasteiger partial charge on any atom is -0.294 e. The molecule has 0 saturated carbocycles. The van der Waals surface area contributed by atoms with E-state index < -0.39 is 0 Å². The monoisotopic (exact) mass is 274 g/mol. The lowest BCUT2D eigenvalue weighted by molar-refractivity contribution is -0.111. The summed E-state index contributed by atoms with van der Waals surface area (Å²) in [6, 6.07) is 8.22. The molecule has 0 amide bonds. The summed E-state index contributed by atoms with van der Waals surface area (Å²) >= 11 is 3.37. The highest BCUT2D eigenvalue weighted by atomic mass is 32.1. The number of ketones is 1. The van der Waals surface area contributed by atoms with Crippen molar-refractivity contribution in [3.05, 3.63) is 52.8 Å². The van der Waals surface area contributed by atoms with E-state index in [4.69, 9.17) is 0 Å². The molecule has 1 nitrogen and oxygen atoms in total. The van der Waals surface area contributed by atoms with E-state index >= 15 is 0 Å². The Bertz CT molecular complexity index is 600. The predicted octanol–water partition coefficient (Wildman–Crippen LogP) is 5.03. The van der Waals surface area contributed by atoms with Crippen LogP contribution in [0.2, 0.25) is 0 Å². The van der Waals surface area contributed by atoms with Gasteiger partial charge in [-0.1, -0.05) is 18.7 Å². The number of rotatable bonds is 4. The Morgan fingerprint density at radius 3 is 2.56 bits per heavy atom. The van der Waals surface area contributed by atoms with E-state index in [-0.39, 0.29) is 5.78 Å². The molecule has 0 bridgehead atoms. The lowest BCUT2D eigenvalue weighted by Gasteiger charge is -2.03. The van der Waals surface area contributed by atoms with Gasteiger partial charge in [0.1, 0.15) is 0 Å². The highest BCUT2D eigenvalue weighted by Crippen LogP contribution is 2.35. The summed E-state index contributed by atoms with van der Waals surface area (Å²) < 4.78 is 0. The third-order valence-electron chi connectivity index (χ3n) is 2.67. The number of hydrogen-bond acceptors (Lipinski definition) is 3. The maximum atomic E-state index is 11.7. The Morgan fingerprint density at radius 2 is 2.00 bits per heavy atom. The van der Waals surface area contributed by atoms with Crippen LogP contribution in [0.25, 0.3) is 15.3 Å². The number of carbonyl (C=O) groups excluding carboxylic acids is 1. The van der Waals surface area contributed by atoms with E-state index in [0.29, 0.717) is 0 Å². The topological polar surface area (TPSA) is 17.1 Å². The Kier molecular flexibility index (Phi) is 3.94. The van der Waals surface area contributed by atoms with E-state index in [1.165, 1.54) is 9.75 Å². The summed E-state index contributed by atoms with van der Waals surface area (Å²) in [7, 11) is 0. The molecule has 0 spiro atoms. The zero-order chi connectivity index (χ0) is 13.1. The fraction of sp³-hybridized carbons (Fsp3) is 0.133. The maximum absolute atomic E-state index is 11.7. The molecule has 0 unspecified atom stereocenters. The first-order valence-electron chi connectivity index (χ1n) is 5.62. The summed E-state index contributed by atoms with van der Waals surface area (Å²) in [6.45, 7) is 7.27. The van der Waals surface area contributed by atoms with Gasteiger partial charge in [0.25, 0.3) is 0 Å². The molecule has 92 valence electrons. The lowest BCUT2D eigenvalue weighted by atomic mass is 10.0. The molecule has 0 aromatic carbocycles. The number of hydrogen-bond donors (Lipinski definition) is 0. The summed E-state index contributed by atoms with van der Waals surface area (Å²) in [5.41, 5.74) is 1.71. The minimum atomic E-state index is 0.0898. The number of carbonyl (C=O) groups is 1. The van der Waals surface area contributed by atoms with Crippen molar-refractivity contribution in [2.24, 2.45) is 0 Å². The van der Waals surface area contributed by atoms with Crippen molar-refractivity contribution in [1.82, 2.24) is 0 Å². The highest BCUT2D eigenvalue weighted by molar-refractivity contribution is 7.22. The van der Waals surface area contributed by atoms with Gasteiger partial charge in [-0.05, 0) is 43.0 Å². The number of Topliss-reactive ketones (excluding diaryl/α,β-unsaturated/α-hetero) is 1. The molecule has 2 aromatic rings. The average molecular weight is 274 g/mol. The number of allylic oxidation sites excluding steroid dienone is 3. The first-order valence-corrected chi connectivity index (χ1v) is 7.31. The van der Waals surface area contributed by atoms with E-state index in [0.717, 1.165) is 16.0 Å². The Labute approximate surface area is 115 Å². The first kappa shape index (κ1) is 13.0. The van der Waals surface area contributed by atoms with Gasteiger partial charge in [-0.25, -0.2) is 0 Å². The predicted molar refractivity (Wildman–Crippen MR) is 81.1 cm³/mol. The van der Waals surface area contributed by atoms with Crippen LogP contribution in [-0.4, -0.2) is 5.78 Å². The van der Waals surface area contributed by atoms with E-state index in [9.17, 15) is 4.79 Å². The molecule has 0 fully saturated rings. The van der Waals surface area contributed by atoms with Crippen LogP contribution in [0.5, 0.6) is 0 Å². The lowest BCUT2D eigenvalue weighted by Crippen LogP contribution is -1.96. The van der Waals surface area contributed by atoms with E-state index in [2.05, 4.69) is 24.1 Å². The van der Waals surface area contributed by atoms with Crippen LogP contribution in [0.4, 0.5) is 0 Å². The van der Waals surface area contributed by atoms with Crippen molar-refractivity contribution >= 4 is 34.0 Å². The standard InChI is InChI=1S/C15H14OS2/c1-4-10(2)15(11(3)16)14-8-7-13(18-14)12-6-5-9-17-12/h4-9H,1H2,2-3H3. The summed E-state index contributed by atoms with van der Waals surface area (Å²) in [6.07, 6.45) is 1.74. The van der Waals surface area contributed by atoms with Gasteiger partial charge < -0.3 is 0 Å². The summed E-state index contributed by atoms with van der Waals surface area (Å²) in [5.74, 6) is 0.0898. The summed E-state index contributed by atoms with van der Waals surface area (Å²) in [4.78, 5) is 15.2. The van der Waals surface area contributed by atoms with Crippen molar-refractivity contribution in [3.8, 4) is 9.75 Å². The molecule has 3 heteroatoms.